The van der Waals surface area contributed by atoms with Crippen molar-refractivity contribution in [2.75, 3.05) is 19.6 Å². The van der Waals surface area contributed by atoms with E-state index in [2.05, 4.69) is 36.6 Å². The van der Waals surface area contributed by atoms with Crippen LogP contribution in [0.15, 0.2) is 30.3 Å². The second-order valence-corrected chi connectivity index (χ2v) is 6.86. The van der Waals surface area contributed by atoms with Crippen LogP contribution in [-0.2, 0) is 10.5 Å². The Morgan fingerprint density at radius 3 is 2.60 bits per heavy atom. The van der Waals surface area contributed by atoms with Crippen molar-refractivity contribution in [3.8, 4) is 0 Å². The van der Waals surface area contributed by atoms with Gasteiger partial charge < -0.3 is 10.6 Å². The number of rotatable bonds is 7. The minimum atomic E-state index is 0.0308. The van der Waals surface area contributed by atoms with Gasteiger partial charge in [-0.15, -0.1) is 11.8 Å². The van der Waals surface area contributed by atoms with Crippen molar-refractivity contribution in [2.24, 2.45) is 11.8 Å². The van der Waals surface area contributed by atoms with Crippen LogP contribution in [0, 0.1) is 11.8 Å². The van der Waals surface area contributed by atoms with E-state index in [1.54, 1.807) is 11.8 Å². The standard InChI is InChI=1S/C16H24N2OS/c1-12(2)15(16(19)18-10-14-8-17-9-14)20-11-13-6-4-3-5-7-13/h3-7,12,14-15,17H,8-11H2,1-2H3,(H,18,19). The monoisotopic (exact) mass is 292 g/mol. The van der Waals surface area contributed by atoms with Gasteiger partial charge in [-0.1, -0.05) is 44.2 Å². The summed E-state index contributed by atoms with van der Waals surface area (Å²) >= 11 is 1.74. The van der Waals surface area contributed by atoms with Crippen LogP contribution in [0.5, 0.6) is 0 Å². The van der Waals surface area contributed by atoms with E-state index >= 15 is 0 Å². The molecular formula is C16H24N2OS. The Labute approximate surface area is 125 Å². The van der Waals surface area contributed by atoms with E-state index in [1.807, 2.05) is 18.2 Å². The van der Waals surface area contributed by atoms with Crippen molar-refractivity contribution >= 4 is 17.7 Å². The lowest BCUT2D eigenvalue weighted by Gasteiger charge is -2.28. The first-order valence-electron chi connectivity index (χ1n) is 7.30. The van der Waals surface area contributed by atoms with Crippen LogP contribution in [0.4, 0.5) is 0 Å². The molecule has 0 radical (unpaired) electrons. The fraction of sp³-hybridized carbons (Fsp3) is 0.562. The maximum absolute atomic E-state index is 12.3. The Hall–Kier alpha value is -1.00. The highest BCUT2D eigenvalue weighted by Crippen LogP contribution is 2.24. The number of hydrogen-bond donors (Lipinski definition) is 2. The van der Waals surface area contributed by atoms with Crippen LogP contribution in [0.2, 0.25) is 0 Å². The zero-order chi connectivity index (χ0) is 14.4. The van der Waals surface area contributed by atoms with Gasteiger partial charge in [0.25, 0.3) is 0 Å². The number of amides is 1. The number of hydrogen-bond acceptors (Lipinski definition) is 3. The summed E-state index contributed by atoms with van der Waals surface area (Å²) in [5.41, 5.74) is 1.28. The molecule has 0 spiro atoms. The van der Waals surface area contributed by atoms with Crippen molar-refractivity contribution in [1.29, 1.82) is 0 Å². The summed E-state index contributed by atoms with van der Waals surface area (Å²) in [7, 11) is 0. The lowest BCUT2D eigenvalue weighted by molar-refractivity contribution is -0.121. The molecule has 1 unspecified atom stereocenters. The van der Waals surface area contributed by atoms with E-state index in [0.717, 1.165) is 25.4 Å². The smallest absolute Gasteiger partial charge is 0.233 e. The minimum absolute atomic E-state index is 0.0308. The third kappa shape index (κ3) is 4.53. The average molecular weight is 292 g/mol. The molecule has 110 valence electrons. The first-order valence-corrected chi connectivity index (χ1v) is 8.35. The Morgan fingerprint density at radius 1 is 1.35 bits per heavy atom. The molecule has 0 aromatic heterocycles. The van der Waals surface area contributed by atoms with Gasteiger partial charge in [-0.3, -0.25) is 4.79 Å². The summed E-state index contributed by atoms with van der Waals surface area (Å²) in [5, 5.41) is 6.36. The Balaban J connectivity index is 1.80. The topological polar surface area (TPSA) is 41.1 Å². The molecule has 1 heterocycles. The molecule has 0 aliphatic carbocycles. The van der Waals surface area contributed by atoms with Crippen molar-refractivity contribution in [2.45, 2.75) is 24.9 Å². The summed E-state index contributed by atoms with van der Waals surface area (Å²) < 4.78 is 0. The fourth-order valence-electron chi connectivity index (χ4n) is 2.17. The molecule has 0 saturated carbocycles. The van der Waals surface area contributed by atoms with Gasteiger partial charge in [0.2, 0.25) is 5.91 Å². The molecule has 20 heavy (non-hydrogen) atoms. The normalized spacial score (nSPS) is 16.8. The molecule has 2 N–H and O–H groups in total. The molecule has 2 rings (SSSR count). The molecule has 3 nitrogen and oxygen atoms in total. The summed E-state index contributed by atoms with van der Waals surface area (Å²) in [6.45, 7) is 7.11. The zero-order valence-corrected chi connectivity index (χ0v) is 13.1. The van der Waals surface area contributed by atoms with E-state index in [1.165, 1.54) is 5.56 Å². The number of nitrogens with one attached hydrogen (secondary N) is 2. The first-order chi connectivity index (χ1) is 9.66. The van der Waals surface area contributed by atoms with Gasteiger partial charge >= 0.3 is 0 Å². The number of thioether (sulfide) groups is 1. The predicted octanol–water partition coefficient (Wildman–Crippen LogP) is 2.28. The van der Waals surface area contributed by atoms with Crippen molar-refractivity contribution in [3.63, 3.8) is 0 Å². The zero-order valence-electron chi connectivity index (χ0n) is 12.3. The van der Waals surface area contributed by atoms with Crippen molar-refractivity contribution < 1.29 is 4.79 Å². The first kappa shape index (κ1) is 15.4. The highest BCUT2D eigenvalue weighted by molar-refractivity contribution is 7.99. The summed E-state index contributed by atoms with van der Waals surface area (Å²) in [5.74, 6) is 2.05. The number of carbonyl (C=O) groups excluding carboxylic acids is 1. The van der Waals surface area contributed by atoms with Crippen molar-refractivity contribution in [1.82, 2.24) is 10.6 Å². The van der Waals surface area contributed by atoms with E-state index in [-0.39, 0.29) is 11.2 Å². The number of carbonyl (C=O) groups is 1. The Morgan fingerprint density at radius 2 is 2.05 bits per heavy atom. The Bertz CT molecular complexity index is 418. The van der Waals surface area contributed by atoms with E-state index in [0.29, 0.717) is 11.8 Å². The largest absolute Gasteiger partial charge is 0.355 e. The summed E-state index contributed by atoms with van der Waals surface area (Å²) in [6, 6.07) is 10.3. The summed E-state index contributed by atoms with van der Waals surface area (Å²) in [6.07, 6.45) is 0. The minimum Gasteiger partial charge on any atom is -0.355 e. The second-order valence-electron chi connectivity index (χ2n) is 5.73. The van der Waals surface area contributed by atoms with Crippen LogP contribution < -0.4 is 10.6 Å². The lowest BCUT2D eigenvalue weighted by Crippen LogP contribution is -2.49. The van der Waals surface area contributed by atoms with Crippen LogP contribution >= 0.6 is 11.8 Å². The van der Waals surface area contributed by atoms with Crippen LogP contribution in [0.3, 0.4) is 0 Å². The molecule has 1 atom stereocenters. The predicted molar refractivity (Wildman–Crippen MR) is 85.7 cm³/mol. The molecule has 4 heteroatoms. The lowest BCUT2D eigenvalue weighted by atomic mass is 10.0. The molecule has 1 amide bonds. The van der Waals surface area contributed by atoms with E-state index in [4.69, 9.17) is 0 Å². The number of benzene rings is 1. The highest BCUT2D eigenvalue weighted by Gasteiger charge is 2.24. The van der Waals surface area contributed by atoms with Crippen LogP contribution in [0.25, 0.3) is 0 Å². The molecule has 1 aliphatic heterocycles. The molecular weight excluding hydrogens is 268 g/mol. The van der Waals surface area contributed by atoms with Crippen LogP contribution in [-0.4, -0.2) is 30.8 Å². The molecule has 0 bridgehead atoms. The Kier molecular flexibility index (Phi) is 5.92. The SMILES string of the molecule is CC(C)C(SCc1ccccc1)C(=O)NCC1CNC1. The van der Waals surface area contributed by atoms with Gasteiger partial charge in [-0.05, 0) is 11.5 Å². The fourth-order valence-corrected chi connectivity index (χ4v) is 3.35. The molecule has 1 aromatic carbocycles. The third-order valence-electron chi connectivity index (χ3n) is 3.57. The van der Waals surface area contributed by atoms with Crippen molar-refractivity contribution in [3.05, 3.63) is 35.9 Å². The molecule has 1 saturated heterocycles. The summed E-state index contributed by atoms with van der Waals surface area (Å²) in [4.78, 5) is 12.3. The van der Waals surface area contributed by atoms with Gasteiger partial charge in [0, 0.05) is 31.3 Å². The van der Waals surface area contributed by atoms with Gasteiger partial charge in [0.1, 0.15) is 0 Å². The maximum Gasteiger partial charge on any atom is 0.233 e. The average Bonchev–Trinajstić information content (AvgIpc) is 2.38. The van der Waals surface area contributed by atoms with E-state index in [9.17, 15) is 4.79 Å². The quantitative estimate of drug-likeness (QED) is 0.810. The van der Waals surface area contributed by atoms with Gasteiger partial charge in [-0.2, -0.15) is 0 Å². The van der Waals surface area contributed by atoms with Crippen LogP contribution in [0.1, 0.15) is 19.4 Å². The van der Waals surface area contributed by atoms with Gasteiger partial charge in [0.15, 0.2) is 0 Å². The third-order valence-corrected chi connectivity index (χ3v) is 5.18. The highest BCUT2D eigenvalue weighted by atomic mass is 32.2. The van der Waals surface area contributed by atoms with E-state index < -0.39 is 0 Å². The molecule has 1 aliphatic rings. The van der Waals surface area contributed by atoms with Gasteiger partial charge in [-0.25, -0.2) is 0 Å². The van der Waals surface area contributed by atoms with Gasteiger partial charge in [0.05, 0.1) is 5.25 Å². The molecule has 1 aromatic rings. The molecule has 1 fully saturated rings. The maximum atomic E-state index is 12.3. The second kappa shape index (κ2) is 7.70.